The minimum absolute atomic E-state index is 0.0374. The molecule has 3 N–H and O–H groups in total. The average Bonchev–Trinajstić information content (AvgIpc) is 3.12. The zero-order valence-corrected chi connectivity index (χ0v) is 19.6. The summed E-state index contributed by atoms with van der Waals surface area (Å²) >= 11 is 0. The number of carbonyl (C=O) groups is 2. The van der Waals surface area contributed by atoms with Gasteiger partial charge in [0, 0.05) is 18.0 Å². The lowest BCUT2D eigenvalue weighted by Crippen LogP contribution is -2.45. The minimum atomic E-state index is -0.915. The van der Waals surface area contributed by atoms with Crippen molar-refractivity contribution in [2.45, 2.75) is 32.9 Å². The summed E-state index contributed by atoms with van der Waals surface area (Å²) in [6.45, 7) is 5.22. The van der Waals surface area contributed by atoms with Crippen molar-refractivity contribution in [3.63, 3.8) is 0 Å². The standard InChI is InChI=1S/C24H29F2N5O3/c1-14(2)13-31-20-11-17(24(33)29-19(23(27)32)7-8-30(3)4)22(9-15(20)12-28-31)34-21-6-5-16(25)10-18(21)26/h5-6,9-12,14,19H,7-8,13H2,1-4H3,(H2,27,32)(H,29,33). The van der Waals surface area contributed by atoms with E-state index in [1.165, 1.54) is 0 Å². The zero-order valence-electron chi connectivity index (χ0n) is 19.6. The molecule has 0 fully saturated rings. The van der Waals surface area contributed by atoms with Gasteiger partial charge in [-0.1, -0.05) is 13.8 Å². The Balaban J connectivity index is 2.03. The van der Waals surface area contributed by atoms with Gasteiger partial charge in [-0.05, 0) is 57.2 Å². The van der Waals surface area contributed by atoms with Crippen molar-refractivity contribution >= 4 is 22.7 Å². The molecule has 10 heteroatoms. The lowest BCUT2D eigenvalue weighted by molar-refractivity contribution is -0.120. The molecule has 0 aliphatic carbocycles. The lowest BCUT2D eigenvalue weighted by Gasteiger charge is -2.19. The SMILES string of the molecule is CC(C)Cn1ncc2cc(Oc3ccc(F)cc3F)c(C(=O)NC(CCN(C)C)C(N)=O)cc21. The highest BCUT2D eigenvalue weighted by Gasteiger charge is 2.23. The summed E-state index contributed by atoms with van der Waals surface area (Å²) in [6.07, 6.45) is 1.93. The molecule has 3 aromatic rings. The molecule has 1 unspecified atom stereocenters. The van der Waals surface area contributed by atoms with Gasteiger partial charge in [0.05, 0.1) is 17.3 Å². The normalized spacial score (nSPS) is 12.4. The lowest BCUT2D eigenvalue weighted by atomic mass is 10.1. The highest BCUT2D eigenvalue weighted by Crippen LogP contribution is 2.32. The summed E-state index contributed by atoms with van der Waals surface area (Å²) in [7, 11) is 3.68. The molecule has 1 atom stereocenters. The third-order valence-electron chi connectivity index (χ3n) is 5.15. The van der Waals surface area contributed by atoms with Gasteiger partial charge in [-0.25, -0.2) is 8.78 Å². The molecule has 34 heavy (non-hydrogen) atoms. The number of nitrogens with two attached hydrogens (primary N) is 1. The Hall–Kier alpha value is -3.53. The number of fused-ring (bicyclic) bond motifs is 1. The molecule has 0 bridgehead atoms. The van der Waals surface area contributed by atoms with Crippen LogP contribution in [0.25, 0.3) is 10.9 Å². The Bertz CT molecular complexity index is 1190. The quantitative estimate of drug-likeness (QED) is 0.470. The molecule has 2 aromatic carbocycles. The number of ether oxygens (including phenoxy) is 1. The number of nitrogens with one attached hydrogen (secondary N) is 1. The monoisotopic (exact) mass is 473 g/mol. The van der Waals surface area contributed by atoms with E-state index in [1.54, 1.807) is 23.0 Å². The number of benzene rings is 2. The van der Waals surface area contributed by atoms with E-state index < -0.39 is 29.5 Å². The van der Waals surface area contributed by atoms with Crippen molar-refractivity contribution < 1.29 is 23.1 Å². The second-order valence-corrected chi connectivity index (χ2v) is 8.82. The second-order valence-electron chi connectivity index (χ2n) is 8.82. The third kappa shape index (κ3) is 6.07. The van der Waals surface area contributed by atoms with Crippen molar-refractivity contribution in [2.75, 3.05) is 20.6 Å². The fraction of sp³-hybridized carbons (Fsp3) is 0.375. The molecule has 0 spiro atoms. The van der Waals surface area contributed by atoms with Crippen LogP contribution in [0.4, 0.5) is 8.78 Å². The molecule has 1 heterocycles. The minimum Gasteiger partial charge on any atom is -0.453 e. The molecule has 182 valence electrons. The number of halogens is 2. The maximum atomic E-state index is 14.3. The van der Waals surface area contributed by atoms with E-state index in [4.69, 9.17) is 10.5 Å². The Labute approximate surface area is 196 Å². The van der Waals surface area contributed by atoms with Crippen LogP contribution in [-0.2, 0) is 11.3 Å². The van der Waals surface area contributed by atoms with E-state index in [0.717, 1.165) is 12.1 Å². The van der Waals surface area contributed by atoms with Gasteiger partial charge in [0.25, 0.3) is 5.91 Å². The fourth-order valence-electron chi connectivity index (χ4n) is 3.44. The molecule has 8 nitrogen and oxygen atoms in total. The molecule has 0 aliphatic heterocycles. The zero-order chi connectivity index (χ0) is 25.0. The first-order valence-corrected chi connectivity index (χ1v) is 10.9. The molecule has 2 amide bonds. The third-order valence-corrected chi connectivity index (χ3v) is 5.15. The van der Waals surface area contributed by atoms with Gasteiger partial charge in [-0.2, -0.15) is 5.10 Å². The first-order chi connectivity index (χ1) is 16.0. The predicted molar refractivity (Wildman–Crippen MR) is 125 cm³/mol. The van der Waals surface area contributed by atoms with Crippen LogP contribution in [-0.4, -0.2) is 53.2 Å². The Morgan fingerprint density at radius 3 is 2.53 bits per heavy atom. The highest BCUT2D eigenvalue weighted by molar-refractivity contribution is 6.02. The van der Waals surface area contributed by atoms with Gasteiger partial charge in [0.15, 0.2) is 11.6 Å². The molecule has 0 saturated carbocycles. The topological polar surface area (TPSA) is 102 Å². The van der Waals surface area contributed by atoms with Gasteiger partial charge in [-0.15, -0.1) is 0 Å². The molecule has 0 aliphatic rings. The van der Waals surface area contributed by atoms with Crippen molar-refractivity contribution in [1.82, 2.24) is 20.0 Å². The molecule has 3 rings (SSSR count). The summed E-state index contributed by atoms with van der Waals surface area (Å²) < 4.78 is 35.1. The first kappa shape index (κ1) is 25.1. The van der Waals surface area contributed by atoms with Crippen molar-refractivity contribution in [3.05, 3.63) is 53.7 Å². The summed E-state index contributed by atoms with van der Waals surface area (Å²) in [5.74, 6) is -2.86. The summed E-state index contributed by atoms with van der Waals surface area (Å²) in [6, 6.07) is 5.13. The predicted octanol–water partition coefficient (Wildman–Crippen LogP) is 3.30. The van der Waals surface area contributed by atoms with E-state index in [0.29, 0.717) is 42.4 Å². The van der Waals surface area contributed by atoms with Crippen LogP contribution in [0.3, 0.4) is 0 Å². The van der Waals surface area contributed by atoms with Crippen molar-refractivity contribution in [2.24, 2.45) is 11.7 Å². The van der Waals surface area contributed by atoms with E-state index in [2.05, 4.69) is 10.4 Å². The van der Waals surface area contributed by atoms with Gasteiger partial charge < -0.3 is 20.7 Å². The molecular weight excluding hydrogens is 444 g/mol. The van der Waals surface area contributed by atoms with Crippen molar-refractivity contribution in [3.8, 4) is 11.5 Å². The van der Waals surface area contributed by atoms with Crippen LogP contribution in [0, 0.1) is 17.6 Å². The Morgan fingerprint density at radius 1 is 1.18 bits per heavy atom. The smallest absolute Gasteiger partial charge is 0.255 e. The maximum absolute atomic E-state index is 14.3. The number of primary amides is 1. The first-order valence-electron chi connectivity index (χ1n) is 10.9. The highest BCUT2D eigenvalue weighted by atomic mass is 19.1. The molecule has 0 saturated heterocycles. The summed E-state index contributed by atoms with van der Waals surface area (Å²) in [4.78, 5) is 27.1. The summed E-state index contributed by atoms with van der Waals surface area (Å²) in [5, 5.41) is 7.70. The fourth-order valence-corrected chi connectivity index (χ4v) is 3.44. The number of hydrogen-bond acceptors (Lipinski definition) is 5. The van der Waals surface area contributed by atoms with Crippen LogP contribution in [0.5, 0.6) is 11.5 Å². The van der Waals surface area contributed by atoms with Gasteiger partial charge in [-0.3, -0.25) is 14.3 Å². The summed E-state index contributed by atoms with van der Waals surface area (Å²) in [5.41, 5.74) is 6.24. The number of carbonyl (C=O) groups excluding carboxylic acids is 2. The number of hydrogen-bond donors (Lipinski definition) is 2. The van der Waals surface area contributed by atoms with E-state index >= 15 is 0 Å². The number of nitrogens with zero attached hydrogens (tertiary/aromatic N) is 3. The van der Waals surface area contributed by atoms with Crippen LogP contribution >= 0.6 is 0 Å². The number of amides is 2. The van der Waals surface area contributed by atoms with Gasteiger partial charge in [0.1, 0.15) is 17.6 Å². The maximum Gasteiger partial charge on any atom is 0.255 e. The Morgan fingerprint density at radius 2 is 1.91 bits per heavy atom. The van der Waals surface area contributed by atoms with Crippen LogP contribution in [0.1, 0.15) is 30.6 Å². The average molecular weight is 474 g/mol. The van der Waals surface area contributed by atoms with E-state index in [9.17, 15) is 18.4 Å². The van der Waals surface area contributed by atoms with Crippen LogP contribution in [0.15, 0.2) is 36.5 Å². The molecule has 0 radical (unpaired) electrons. The molecular formula is C24H29F2N5O3. The van der Waals surface area contributed by atoms with Crippen LogP contribution in [0.2, 0.25) is 0 Å². The van der Waals surface area contributed by atoms with E-state index in [1.807, 2.05) is 32.8 Å². The number of rotatable bonds is 10. The Kier molecular flexibility index (Phi) is 7.83. The van der Waals surface area contributed by atoms with Crippen LogP contribution < -0.4 is 15.8 Å². The molecule has 1 aromatic heterocycles. The largest absolute Gasteiger partial charge is 0.453 e. The second kappa shape index (κ2) is 10.6. The van der Waals surface area contributed by atoms with Crippen molar-refractivity contribution in [1.29, 1.82) is 0 Å². The number of aromatic nitrogens is 2. The van der Waals surface area contributed by atoms with Gasteiger partial charge >= 0.3 is 0 Å². The van der Waals surface area contributed by atoms with Gasteiger partial charge in [0.2, 0.25) is 5.91 Å². The van der Waals surface area contributed by atoms with E-state index in [-0.39, 0.29) is 17.1 Å².